The largest absolute Gasteiger partial charge is 0.383 e. The first-order valence-electron chi connectivity index (χ1n) is 8.22. The Bertz CT molecular complexity index is 915. The van der Waals surface area contributed by atoms with Crippen molar-refractivity contribution in [3.8, 4) is 0 Å². The number of nitrogens with one attached hydrogen (secondary N) is 2. The molecule has 1 unspecified atom stereocenters. The fraction of sp³-hybridized carbons (Fsp3) is 0.412. The van der Waals surface area contributed by atoms with Crippen LogP contribution in [0.4, 0.5) is 17.6 Å². The average molecular weight is 403 g/mol. The van der Waals surface area contributed by atoms with E-state index in [0.717, 1.165) is 0 Å². The van der Waals surface area contributed by atoms with Gasteiger partial charge in [0, 0.05) is 49.1 Å². The Balaban J connectivity index is 1.84. The van der Waals surface area contributed by atoms with E-state index in [2.05, 4.69) is 10.3 Å². The minimum absolute atomic E-state index is 0.00904. The summed E-state index contributed by atoms with van der Waals surface area (Å²) in [6.07, 6.45) is 0.0927. The van der Waals surface area contributed by atoms with Crippen LogP contribution in [-0.2, 0) is 28.9 Å². The number of rotatable bonds is 6. The Morgan fingerprint density at radius 2 is 2.00 bits per heavy atom. The maximum atomic E-state index is 14.1. The third kappa shape index (κ3) is 3.77. The van der Waals surface area contributed by atoms with Crippen LogP contribution in [0.2, 0.25) is 0 Å². The highest BCUT2D eigenvalue weighted by Gasteiger charge is 2.33. The SMILES string of the molecule is COCCNC(=O)Cc1[nH]c(=S)n2c1CC(c1c(F)c(F)cc(F)c1F)C2. The zero-order chi connectivity index (χ0) is 19.7. The lowest BCUT2D eigenvalue weighted by Gasteiger charge is -2.13. The second-order valence-corrected chi connectivity index (χ2v) is 6.66. The van der Waals surface area contributed by atoms with Crippen molar-refractivity contribution in [2.45, 2.75) is 25.3 Å². The molecule has 10 heteroatoms. The number of hydrogen-bond donors (Lipinski definition) is 2. The van der Waals surface area contributed by atoms with Crippen LogP contribution in [0.25, 0.3) is 0 Å². The molecule has 0 fully saturated rings. The van der Waals surface area contributed by atoms with Crippen molar-refractivity contribution in [2.24, 2.45) is 0 Å². The predicted octanol–water partition coefficient (Wildman–Crippen LogP) is 2.75. The third-order valence-electron chi connectivity index (χ3n) is 4.54. The van der Waals surface area contributed by atoms with Crippen molar-refractivity contribution >= 4 is 18.1 Å². The molecule has 0 spiro atoms. The van der Waals surface area contributed by atoms with Gasteiger partial charge in [0.25, 0.3) is 0 Å². The van der Waals surface area contributed by atoms with Gasteiger partial charge in [-0.1, -0.05) is 0 Å². The second kappa shape index (κ2) is 7.81. The summed E-state index contributed by atoms with van der Waals surface area (Å²) in [6.45, 7) is 0.766. The summed E-state index contributed by atoms with van der Waals surface area (Å²) in [4.78, 5) is 14.9. The molecule has 3 rings (SSSR count). The van der Waals surface area contributed by atoms with Gasteiger partial charge in [-0.05, 0) is 18.6 Å². The van der Waals surface area contributed by atoms with Crippen molar-refractivity contribution in [2.75, 3.05) is 20.3 Å². The number of amides is 1. The number of methoxy groups -OCH3 is 1. The standard InChI is InChI=1S/C17H17F4N3O2S/c1-26-3-2-22-13(25)6-11-12-4-8(7-24(12)17(27)23-11)14-15(20)9(18)5-10(19)16(14)21/h5,8H,2-4,6-7H2,1H3,(H,22,25)(H,23,27). The number of fused-ring (bicyclic) bond motifs is 1. The van der Waals surface area contributed by atoms with Crippen LogP contribution >= 0.6 is 12.2 Å². The van der Waals surface area contributed by atoms with E-state index in [-0.39, 0.29) is 36.1 Å². The second-order valence-electron chi connectivity index (χ2n) is 6.27. The number of aromatic nitrogens is 2. The molecule has 1 aromatic heterocycles. The van der Waals surface area contributed by atoms with Crippen molar-refractivity contribution in [1.82, 2.24) is 14.9 Å². The number of aromatic amines is 1. The van der Waals surface area contributed by atoms with E-state index in [9.17, 15) is 22.4 Å². The number of imidazole rings is 1. The van der Waals surface area contributed by atoms with Gasteiger partial charge in [0.15, 0.2) is 28.0 Å². The minimum Gasteiger partial charge on any atom is -0.383 e. The predicted molar refractivity (Wildman–Crippen MR) is 90.9 cm³/mol. The van der Waals surface area contributed by atoms with E-state index in [1.807, 2.05) is 0 Å². The number of carbonyl (C=O) groups is 1. The zero-order valence-electron chi connectivity index (χ0n) is 14.4. The van der Waals surface area contributed by atoms with Gasteiger partial charge < -0.3 is 19.6 Å². The molecule has 1 aliphatic heterocycles. The normalized spacial score (nSPS) is 15.8. The average Bonchev–Trinajstić information content (AvgIpc) is 3.15. The molecule has 2 heterocycles. The summed E-state index contributed by atoms with van der Waals surface area (Å²) in [5.41, 5.74) is 0.464. The molecule has 2 N–H and O–H groups in total. The van der Waals surface area contributed by atoms with Crippen LogP contribution in [0.5, 0.6) is 0 Å². The van der Waals surface area contributed by atoms with Gasteiger partial charge >= 0.3 is 0 Å². The van der Waals surface area contributed by atoms with Gasteiger partial charge in [-0.2, -0.15) is 0 Å². The van der Waals surface area contributed by atoms with Gasteiger partial charge in [-0.25, -0.2) is 17.6 Å². The fourth-order valence-corrected chi connectivity index (χ4v) is 3.61. The summed E-state index contributed by atoms with van der Waals surface area (Å²) in [7, 11) is 1.51. The highest BCUT2D eigenvalue weighted by atomic mass is 32.1. The van der Waals surface area contributed by atoms with Crippen molar-refractivity contribution in [3.63, 3.8) is 0 Å². The zero-order valence-corrected chi connectivity index (χ0v) is 15.2. The first-order chi connectivity index (χ1) is 12.8. The molecule has 1 amide bonds. The number of nitrogens with zero attached hydrogens (tertiary/aromatic N) is 1. The number of H-pyrrole nitrogens is 1. The third-order valence-corrected chi connectivity index (χ3v) is 4.86. The summed E-state index contributed by atoms with van der Waals surface area (Å²) in [6, 6.07) is 0.186. The molecular weight excluding hydrogens is 386 g/mol. The van der Waals surface area contributed by atoms with Crippen molar-refractivity contribution in [1.29, 1.82) is 0 Å². The van der Waals surface area contributed by atoms with Gasteiger partial charge in [0.05, 0.1) is 13.0 Å². The molecule has 1 aromatic carbocycles. The summed E-state index contributed by atoms with van der Waals surface area (Å²) in [5, 5.41) is 2.66. The summed E-state index contributed by atoms with van der Waals surface area (Å²) in [5.74, 6) is -6.79. The van der Waals surface area contributed by atoms with E-state index in [0.29, 0.717) is 24.5 Å². The number of carbonyl (C=O) groups excluding carboxylic acids is 1. The lowest BCUT2D eigenvalue weighted by molar-refractivity contribution is -0.120. The van der Waals surface area contributed by atoms with Gasteiger partial charge in [-0.15, -0.1) is 0 Å². The summed E-state index contributed by atoms with van der Waals surface area (Å²) >= 11 is 5.20. The number of hydrogen-bond acceptors (Lipinski definition) is 3. The Kier molecular flexibility index (Phi) is 5.66. The van der Waals surface area contributed by atoms with Gasteiger partial charge in [-0.3, -0.25) is 4.79 Å². The Labute approximate surface area is 157 Å². The van der Waals surface area contributed by atoms with E-state index in [1.54, 1.807) is 4.57 Å². The van der Waals surface area contributed by atoms with Crippen LogP contribution in [0.1, 0.15) is 22.9 Å². The molecule has 0 aliphatic carbocycles. The van der Waals surface area contributed by atoms with Gasteiger partial charge in [0.2, 0.25) is 5.91 Å². The molecule has 0 radical (unpaired) electrons. The molecule has 27 heavy (non-hydrogen) atoms. The quantitative estimate of drug-likeness (QED) is 0.338. The topological polar surface area (TPSA) is 59.0 Å². The smallest absolute Gasteiger partial charge is 0.226 e. The fourth-order valence-electron chi connectivity index (χ4n) is 3.30. The first-order valence-corrected chi connectivity index (χ1v) is 8.63. The molecule has 1 aliphatic rings. The molecular formula is C17H17F4N3O2S. The van der Waals surface area contributed by atoms with Crippen LogP contribution in [0.15, 0.2) is 6.07 Å². The molecule has 2 aromatic rings. The van der Waals surface area contributed by atoms with Crippen LogP contribution in [-0.4, -0.2) is 35.7 Å². The van der Waals surface area contributed by atoms with Crippen LogP contribution in [0.3, 0.4) is 0 Å². The van der Waals surface area contributed by atoms with Crippen LogP contribution < -0.4 is 5.32 Å². The molecule has 1 atom stereocenters. The van der Waals surface area contributed by atoms with E-state index >= 15 is 0 Å². The Hall–Kier alpha value is -2.20. The minimum atomic E-state index is -1.44. The monoisotopic (exact) mass is 403 g/mol. The molecule has 0 bridgehead atoms. The van der Waals surface area contributed by atoms with E-state index in [1.165, 1.54) is 7.11 Å². The maximum Gasteiger partial charge on any atom is 0.226 e. The van der Waals surface area contributed by atoms with E-state index in [4.69, 9.17) is 17.0 Å². The Morgan fingerprint density at radius 1 is 1.33 bits per heavy atom. The first kappa shape index (κ1) is 19.6. The van der Waals surface area contributed by atoms with E-state index < -0.39 is 34.8 Å². The lowest BCUT2D eigenvalue weighted by Crippen LogP contribution is -2.28. The van der Waals surface area contributed by atoms with Crippen molar-refractivity contribution in [3.05, 3.63) is 51.1 Å². The molecule has 0 saturated heterocycles. The number of halogens is 4. The molecule has 0 saturated carbocycles. The van der Waals surface area contributed by atoms with Gasteiger partial charge in [0.1, 0.15) is 0 Å². The molecule has 5 nitrogen and oxygen atoms in total. The number of ether oxygens (including phenoxy) is 1. The maximum absolute atomic E-state index is 14.1. The number of benzene rings is 1. The summed E-state index contributed by atoms with van der Waals surface area (Å²) < 4.78 is 62.0. The molecule has 146 valence electrons. The highest BCUT2D eigenvalue weighted by Crippen LogP contribution is 2.36. The Morgan fingerprint density at radius 3 is 2.63 bits per heavy atom. The van der Waals surface area contributed by atoms with Crippen LogP contribution in [0, 0.1) is 28.0 Å². The van der Waals surface area contributed by atoms with Crippen molar-refractivity contribution < 1.29 is 27.1 Å². The lowest BCUT2D eigenvalue weighted by atomic mass is 9.94. The highest BCUT2D eigenvalue weighted by molar-refractivity contribution is 7.71.